The molecular formula is C13H21N3O2. The van der Waals surface area contributed by atoms with E-state index in [0.717, 1.165) is 38.3 Å². The van der Waals surface area contributed by atoms with Gasteiger partial charge in [-0.2, -0.15) is 5.10 Å². The first-order valence-electron chi connectivity index (χ1n) is 6.54. The molecule has 1 aromatic heterocycles. The lowest BCUT2D eigenvalue weighted by Gasteiger charge is -2.22. The molecule has 1 aromatic rings. The van der Waals surface area contributed by atoms with Crippen LogP contribution in [0.2, 0.25) is 0 Å². The number of hydrogen-bond acceptors (Lipinski definition) is 5. The third kappa shape index (κ3) is 3.17. The summed E-state index contributed by atoms with van der Waals surface area (Å²) in [4.78, 5) is 0. The number of nitrogens with one attached hydrogen (secondary N) is 1. The lowest BCUT2D eigenvalue weighted by atomic mass is 9.96. The smallest absolute Gasteiger partial charge is 0.233 e. The van der Waals surface area contributed by atoms with Crippen LogP contribution in [0.15, 0.2) is 12.1 Å². The maximum absolute atomic E-state index is 5.47. The molecule has 0 saturated carbocycles. The van der Waals surface area contributed by atoms with Crippen LogP contribution in [0.1, 0.15) is 31.5 Å². The van der Waals surface area contributed by atoms with Gasteiger partial charge < -0.3 is 14.8 Å². The first-order valence-corrected chi connectivity index (χ1v) is 6.54. The molecule has 1 aliphatic heterocycles. The fourth-order valence-electron chi connectivity index (χ4n) is 2.23. The molecule has 18 heavy (non-hydrogen) atoms. The second-order valence-electron chi connectivity index (χ2n) is 4.56. The highest BCUT2D eigenvalue weighted by Crippen LogP contribution is 2.27. The number of nitrogens with zero attached hydrogens (tertiary/aromatic N) is 2. The minimum atomic E-state index is 0.228. The number of ether oxygens (including phenoxy) is 2. The Hall–Kier alpha value is -1.20. The zero-order valence-electron chi connectivity index (χ0n) is 11.1. The molecule has 2 heterocycles. The van der Waals surface area contributed by atoms with Crippen LogP contribution in [0.3, 0.4) is 0 Å². The summed E-state index contributed by atoms with van der Waals surface area (Å²) in [5, 5.41) is 11.8. The van der Waals surface area contributed by atoms with E-state index < -0.39 is 0 Å². The first-order chi connectivity index (χ1) is 8.85. The van der Waals surface area contributed by atoms with E-state index in [1.54, 1.807) is 7.11 Å². The highest BCUT2D eigenvalue weighted by molar-refractivity contribution is 5.15. The van der Waals surface area contributed by atoms with Crippen molar-refractivity contribution in [3.63, 3.8) is 0 Å². The molecular weight excluding hydrogens is 230 g/mol. The van der Waals surface area contributed by atoms with Gasteiger partial charge in [-0.05, 0) is 25.5 Å². The predicted molar refractivity (Wildman–Crippen MR) is 68.5 cm³/mol. The Balaban J connectivity index is 2.10. The highest BCUT2D eigenvalue weighted by atomic mass is 16.5. The summed E-state index contributed by atoms with van der Waals surface area (Å²) in [7, 11) is 1.60. The lowest BCUT2D eigenvalue weighted by Crippen LogP contribution is -2.30. The van der Waals surface area contributed by atoms with E-state index in [1.807, 2.05) is 12.1 Å². The molecule has 0 amide bonds. The van der Waals surface area contributed by atoms with Crippen LogP contribution < -0.4 is 10.1 Å². The van der Waals surface area contributed by atoms with E-state index in [-0.39, 0.29) is 6.04 Å². The zero-order chi connectivity index (χ0) is 12.8. The number of methoxy groups -OCH3 is 1. The largest absolute Gasteiger partial charge is 0.480 e. The maximum atomic E-state index is 5.47. The van der Waals surface area contributed by atoms with Crippen LogP contribution in [-0.2, 0) is 4.74 Å². The van der Waals surface area contributed by atoms with Gasteiger partial charge in [-0.25, -0.2) is 0 Å². The summed E-state index contributed by atoms with van der Waals surface area (Å²) < 4.78 is 10.5. The SMILES string of the molecule is CCCNC(c1ccc(OC)nn1)C1CCOC1. The molecule has 1 N–H and O–H groups in total. The van der Waals surface area contributed by atoms with Gasteiger partial charge in [0.15, 0.2) is 0 Å². The van der Waals surface area contributed by atoms with Gasteiger partial charge in [0.2, 0.25) is 5.88 Å². The molecule has 1 fully saturated rings. The Kier molecular flexibility index (Phi) is 4.90. The van der Waals surface area contributed by atoms with Crippen molar-refractivity contribution in [2.24, 2.45) is 5.92 Å². The van der Waals surface area contributed by atoms with Crippen LogP contribution in [0.25, 0.3) is 0 Å². The Morgan fingerprint density at radius 2 is 2.39 bits per heavy atom. The average Bonchev–Trinajstić information content (AvgIpc) is 2.94. The molecule has 100 valence electrons. The molecule has 2 atom stereocenters. The molecule has 5 heteroatoms. The summed E-state index contributed by atoms with van der Waals surface area (Å²) >= 11 is 0. The van der Waals surface area contributed by atoms with Gasteiger partial charge in [0.1, 0.15) is 0 Å². The van der Waals surface area contributed by atoms with E-state index in [4.69, 9.17) is 9.47 Å². The molecule has 1 aliphatic rings. The monoisotopic (exact) mass is 251 g/mol. The topological polar surface area (TPSA) is 56.3 Å². The van der Waals surface area contributed by atoms with Crippen LogP contribution in [0, 0.1) is 5.92 Å². The molecule has 0 bridgehead atoms. The Morgan fingerprint density at radius 1 is 1.50 bits per heavy atom. The molecule has 0 aromatic carbocycles. The van der Waals surface area contributed by atoms with Crippen molar-refractivity contribution in [2.75, 3.05) is 26.9 Å². The van der Waals surface area contributed by atoms with Crippen molar-refractivity contribution in [3.05, 3.63) is 17.8 Å². The van der Waals surface area contributed by atoms with E-state index >= 15 is 0 Å². The van der Waals surface area contributed by atoms with Crippen molar-refractivity contribution in [3.8, 4) is 5.88 Å². The fraction of sp³-hybridized carbons (Fsp3) is 0.692. The summed E-state index contributed by atoms with van der Waals surface area (Å²) in [6.07, 6.45) is 2.18. The van der Waals surface area contributed by atoms with Crippen molar-refractivity contribution in [1.82, 2.24) is 15.5 Å². The predicted octanol–water partition coefficient (Wildman–Crippen LogP) is 1.56. The first kappa shape index (κ1) is 13.2. The average molecular weight is 251 g/mol. The number of aromatic nitrogens is 2. The third-order valence-corrected chi connectivity index (χ3v) is 3.24. The number of rotatable bonds is 6. The summed E-state index contributed by atoms with van der Waals surface area (Å²) in [5.41, 5.74) is 0.972. The van der Waals surface area contributed by atoms with Crippen LogP contribution in [-0.4, -0.2) is 37.1 Å². The molecule has 5 nitrogen and oxygen atoms in total. The molecule has 2 rings (SSSR count). The summed E-state index contributed by atoms with van der Waals surface area (Å²) in [6, 6.07) is 4.07. The van der Waals surface area contributed by atoms with Crippen LogP contribution >= 0.6 is 0 Å². The normalized spacial score (nSPS) is 20.9. The molecule has 0 aliphatic carbocycles. The highest BCUT2D eigenvalue weighted by Gasteiger charge is 2.27. The minimum absolute atomic E-state index is 0.228. The second kappa shape index (κ2) is 6.66. The Morgan fingerprint density at radius 3 is 2.94 bits per heavy atom. The minimum Gasteiger partial charge on any atom is -0.480 e. The molecule has 1 saturated heterocycles. The van der Waals surface area contributed by atoms with Gasteiger partial charge in [-0.15, -0.1) is 5.10 Å². The van der Waals surface area contributed by atoms with Gasteiger partial charge in [0, 0.05) is 18.6 Å². The molecule has 2 unspecified atom stereocenters. The summed E-state index contributed by atoms with van der Waals surface area (Å²) in [5.74, 6) is 1.04. The van der Waals surface area contributed by atoms with Crippen molar-refractivity contribution >= 4 is 0 Å². The van der Waals surface area contributed by atoms with E-state index in [0.29, 0.717) is 11.8 Å². The number of hydrogen-bond donors (Lipinski definition) is 1. The van der Waals surface area contributed by atoms with E-state index in [9.17, 15) is 0 Å². The summed E-state index contributed by atoms with van der Waals surface area (Å²) in [6.45, 7) is 4.79. The molecule has 0 radical (unpaired) electrons. The van der Waals surface area contributed by atoms with Gasteiger partial charge in [0.05, 0.1) is 25.5 Å². The lowest BCUT2D eigenvalue weighted by molar-refractivity contribution is 0.176. The van der Waals surface area contributed by atoms with Gasteiger partial charge in [-0.3, -0.25) is 0 Å². The second-order valence-corrected chi connectivity index (χ2v) is 4.56. The Bertz CT molecular complexity index is 350. The quantitative estimate of drug-likeness (QED) is 0.831. The Labute approximate surface area is 108 Å². The standard InChI is InChI=1S/C13H21N3O2/c1-3-7-14-13(10-6-8-18-9-10)11-4-5-12(17-2)16-15-11/h4-5,10,13-14H,3,6-9H2,1-2H3. The third-order valence-electron chi connectivity index (χ3n) is 3.24. The van der Waals surface area contributed by atoms with E-state index in [2.05, 4.69) is 22.4 Å². The van der Waals surface area contributed by atoms with Crippen LogP contribution in [0.5, 0.6) is 5.88 Å². The molecule has 0 spiro atoms. The fourth-order valence-corrected chi connectivity index (χ4v) is 2.23. The van der Waals surface area contributed by atoms with E-state index in [1.165, 1.54) is 0 Å². The van der Waals surface area contributed by atoms with Gasteiger partial charge in [-0.1, -0.05) is 6.92 Å². The van der Waals surface area contributed by atoms with Gasteiger partial charge in [0.25, 0.3) is 0 Å². The van der Waals surface area contributed by atoms with Gasteiger partial charge >= 0.3 is 0 Å². The maximum Gasteiger partial charge on any atom is 0.233 e. The zero-order valence-corrected chi connectivity index (χ0v) is 11.1. The van der Waals surface area contributed by atoms with Crippen molar-refractivity contribution < 1.29 is 9.47 Å². The van der Waals surface area contributed by atoms with Crippen LogP contribution in [0.4, 0.5) is 0 Å². The van der Waals surface area contributed by atoms with Crippen molar-refractivity contribution in [2.45, 2.75) is 25.8 Å². The van der Waals surface area contributed by atoms with Crippen molar-refractivity contribution in [1.29, 1.82) is 0 Å².